The summed E-state index contributed by atoms with van der Waals surface area (Å²) in [6, 6.07) is 0. The molecule has 1 rings (SSSR count). The predicted molar refractivity (Wildman–Crippen MR) is 49.2 cm³/mol. The molecule has 1 atom stereocenters. The number of carbonyl (C=O) groups is 1. The number of piperidine rings is 1. The molecule has 1 unspecified atom stereocenters. The molecule has 0 bridgehead atoms. The van der Waals surface area contributed by atoms with E-state index in [9.17, 15) is 9.18 Å². The molecular formula is C9H17FN2O. The van der Waals surface area contributed by atoms with Crippen molar-refractivity contribution in [3.05, 3.63) is 0 Å². The molecule has 0 spiro atoms. The van der Waals surface area contributed by atoms with Crippen molar-refractivity contribution in [2.75, 3.05) is 19.6 Å². The smallest absolute Gasteiger partial charge is 0.223 e. The van der Waals surface area contributed by atoms with Crippen molar-refractivity contribution in [3.8, 4) is 0 Å². The third kappa shape index (κ3) is 3.30. The van der Waals surface area contributed by atoms with E-state index >= 15 is 0 Å². The zero-order chi connectivity index (χ0) is 9.73. The van der Waals surface area contributed by atoms with E-state index in [1.54, 1.807) is 0 Å². The SMILES string of the molecule is CCNC(=O)CC1(F)CCCNC1. The summed E-state index contributed by atoms with van der Waals surface area (Å²) < 4.78 is 13.8. The van der Waals surface area contributed by atoms with Crippen LogP contribution in [0.1, 0.15) is 26.2 Å². The number of hydrogen-bond acceptors (Lipinski definition) is 2. The molecule has 3 nitrogen and oxygen atoms in total. The van der Waals surface area contributed by atoms with Gasteiger partial charge in [-0.3, -0.25) is 4.79 Å². The summed E-state index contributed by atoms with van der Waals surface area (Å²) in [6.07, 6.45) is 1.31. The fourth-order valence-electron chi connectivity index (χ4n) is 1.63. The maximum Gasteiger partial charge on any atom is 0.223 e. The Morgan fingerprint density at radius 2 is 2.46 bits per heavy atom. The van der Waals surface area contributed by atoms with Crippen LogP contribution in [-0.4, -0.2) is 31.2 Å². The molecular weight excluding hydrogens is 171 g/mol. The molecule has 2 N–H and O–H groups in total. The largest absolute Gasteiger partial charge is 0.356 e. The minimum absolute atomic E-state index is 0.00611. The number of nitrogens with one attached hydrogen (secondary N) is 2. The topological polar surface area (TPSA) is 41.1 Å². The van der Waals surface area contributed by atoms with Gasteiger partial charge in [0.2, 0.25) is 5.91 Å². The summed E-state index contributed by atoms with van der Waals surface area (Å²) in [6.45, 7) is 3.58. The number of rotatable bonds is 3. The van der Waals surface area contributed by atoms with Crippen LogP contribution in [0.3, 0.4) is 0 Å². The first kappa shape index (κ1) is 10.4. The summed E-state index contributed by atoms with van der Waals surface area (Å²) in [7, 11) is 0. The van der Waals surface area contributed by atoms with Gasteiger partial charge >= 0.3 is 0 Å². The van der Waals surface area contributed by atoms with Crippen LogP contribution in [0.25, 0.3) is 0 Å². The molecule has 1 amide bonds. The van der Waals surface area contributed by atoms with Gasteiger partial charge in [-0.25, -0.2) is 4.39 Å². The molecule has 0 aromatic heterocycles. The normalized spacial score (nSPS) is 28.5. The Morgan fingerprint density at radius 1 is 1.69 bits per heavy atom. The van der Waals surface area contributed by atoms with Crippen molar-refractivity contribution in [1.82, 2.24) is 10.6 Å². The second-order valence-corrected chi connectivity index (χ2v) is 3.56. The lowest BCUT2D eigenvalue weighted by Crippen LogP contribution is -2.45. The number of carbonyl (C=O) groups excluding carboxylic acids is 1. The first-order chi connectivity index (χ1) is 6.16. The lowest BCUT2D eigenvalue weighted by Gasteiger charge is -2.29. The van der Waals surface area contributed by atoms with Gasteiger partial charge in [0, 0.05) is 13.1 Å². The summed E-state index contributed by atoms with van der Waals surface area (Å²) in [5, 5.41) is 5.58. The Labute approximate surface area is 78.1 Å². The van der Waals surface area contributed by atoms with E-state index < -0.39 is 5.67 Å². The van der Waals surface area contributed by atoms with Crippen molar-refractivity contribution in [2.24, 2.45) is 0 Å². The third-order valence-corrected chi connectivity index (χ3v) is 2.27. The maximum atomic E-state index is 13.8. The predicted octanol–water partition coefficient (Wildman–Crippen LogP) is 0.604. The Bertz CT molecular complexity index is 178. The highest BCUT2D eigenvalue weighted by molar-refractivity contribution is 5.77. The van der Waals surface area contributed by atoms with Gasteiger partial charge in [-0.15, -0.1) is 0 Å². The number of amides is 1. The molecule has 13 heavy (non-hydrogen) atoms. The van der Waals surface area contributed by atoms with Crippen molar-refractivity contribution in [2.45, 2.75) is 31.9 Å². The zero-order valence-corrected chi connectivity index (χ0v) is 8.03. The van der Waals surface area contributed by atoms with Crippen LogP contribution >= 0.6 is 0 Å². The second kappa shape index (κ2) is 4.56. The number of halogens is 1. The highest BCUT2D eigenvalue weighted by Crippen LogP contribution is 2.24. The van der Waals surface area contributed by atoms with Crippen molar-refractivity contribution in [1.29, 1.82) is 0 Å². The highest BCUT2D eigenvalue weighted by atomic mass is 19.1. The summed E-state index contributed by atoms with van der Waals surface area (Å²) in [5.41, 5.74) is -1.32. The molecule has 1 aliphatic rings. The monoisotopic (exact) mass is 188 g/mol. The van der Waals surface area contributed by atoms with Crippen molar-refractivity contribution >= 4 is 5.91 Å². The molecule has 0 aliphatic carbocycles. The second-order valence-electron chi connectivity index (χ2n) is 3.56. The molecule has 1 fully saturated rings. The van der Waals surface area contributed by atoms with Crippen molar-refractivity contribution < 1.29 is 9.18 Å². The van der Waals surface area contributed by atoms with E-state index in [0.717, 1.165) is 13.0 Å². The van der Waals surface area contributed by atoms with Gasteiger partial charge in [0.25, 0.3) is 0 Å². The molecule has 0 saturated carbocycles. The first-order valence-electron chi connectivity index (χ1n) is 4.83. The van der Waals surface area contributed by atoms with E-state index in [2.05, 4.69) is 10.6 Å². The first-order valence-corrected chi connectivity index (χ1v) is 4.83. The number of hydrogen-bond donors (Lipinski definition) is 2. The molecule has 0 radical (unpaired) electrons. The van der Waals surface area contributed by atoms with E-state index in [1.165, 1.54) is 0 Å². The third-order valence-electron chi connectivity index (χ3n) is 2.27. The van der Waals surface area contributed by atoms with E-state index in [4.69, 9.17) is 0 Å². The lowest BCUT2D eigenvalue weighted by molar-refractivity contribution is -0.124. The van der Waals surface area contributed by atoms with Gasteiger partial charge in [-0.05, 0) is 26.3 Å². The average Bonchev–Trinajstić information content (AvgIpc) is 2.04. The molecule has 0 aromatic carbocycles. The summed E-state index contributed by atoms with van der Waals surface area (Å²) >= 11 is 0. The summed E-state index contributed by atoms with van der Waals surface area (Å²) in [5.74, 6) is -0.186. The highest BCUT2D eigenvalue weighted by Gasteiger charge is 2.33. The lowest BCUT2D eigenvalue weighted by atomic mass is 9.92. The standard InChI is InChI=1S/C9H17FN2O/c1-2-12-8(13)6-9(10)4-3-5-11-7-9/h11H,2-7H2,1H3,(H,12,13). The Hall–Kier alpha value is -0.640. The molecule has 0 aromatic rings. The van der Waals surface area contributed by atoms with Gasteiger partial charge in [-0.2, -0.15) is 0 Å². The van der Waals surface area contributed by atoms with E-state index in [0.29, 0.717) is 19.5 Å². The Kier molecular flexibility index (Phi) is 3.66. The van der Waals surface area contributed by atoms with E-state index in [-0.39, 0.29) is 12.3 Å². The molecule has 1 aliphatic heterocycles. The van der Waals surface area contributed by atoms with Crippen molar-refractivity contribution in [3.63, 3.8) is 0 Å². The van der Waals surface area contributed by atoms with Crippen LogP contribution in [-0.2, 0) is 4.79 Å². The quantitative estimate of drug-likeness (QED) is 0.681. The summed E-state index contributed by atoms with van der Waals surface area (Å²) in [4.78, 5) is 11.1. The Balaban J connectivity index is 2.36. The number of alkyl halides is 1. The Morgan fingerprint density at radius 3 is 3.00 bits per heavy atom. The van der Waals surface area contributed by atoms with Crippen LogP contribution in [0.4, 0.5) is 4.39 Å². The van der Waals surface area contributed by atoms with Crippen LogP contribution in [0.15, 0.2) is 0 Å². The minimum atomic E-state index is -1.32. The van der Waals surface area contributed by atoms with Crippen LogP contribution in [0.5, 0.6) is 0 Å². The van der Waals surface area contributed by atoms with Gasteiger partial charge in [-0.1, -0.05) is 0 Å². The molecule has 4 heteroatoms. The van der Waals surface area contributed by atoms with Gasteiger partial charge in [0.15, 0.2) is 0 Å². The molecule has 1 heterocycles. The van der Waals surface area contributed by atoms with Gasteiger partial charge < -0.3 is 10.6 Å². The molecule has 76 valence electrons. The fourth-order valence-corrected chi connectivity index (χ4v) is 1.63. The van der Waals surface area contributed by atoms with Crippen LogP contribution < -0.4 is 10.6 Å². The fraction of sp³-hybridized carbons (Fsp3) is 0.889. The maximum absolute atomic E-state index is 13.8. The van der Waals surface area contributed by atoms with E-state index in [1.807, 2.05) is 6.92 Å². The zero-order valence-electron chi connectivity index (χ0n) is 8.03. The average molecular weight is 188 g/mol. The molecule has 1 saturated heterocycles. The minimum Gasteiger partial charge on any atom is -0.356 e. The van der Waals surface area contributed by atoms with Gasteiger partial charge in [0.05, 0.1) is 6.42 Å². The van der Waals surface area contributed by atoms with Crippen LogP contribution in [0, 0.1) is 0 Å². The van der Waals surface area contributed by atoms with Crippen LogP contribution in [0.2, 0.25) is 0 Å². The van der Waals surface area contributed by atoms with Gasteiger partial charge in [0.1, 0.15) is 5.67 Å².